The number of guanidine groups is 1. The number of benzene rings is 2. The number of hydrogen-bond donors (Lipinski definition) is 1. The summed E-state index contributed by atoms with van der Waals surface area (Å²) in [5.74, 6) is 1.60. The summed E-state index contributed by atoms with van der Waals surface area (Å²) in [4.78, 5) is 20.1. The van der Waals surface area contributed by atoms with Gasteiger partial charge in [0.05, 0.1) is 6.61 Å². The second-order valence-electron chi connectivity index (χ2n) is 8.67. The average Bonchev–Trinajstić information content (AvgIpc) is 2.99. The van der Waals surface area contributed by atoms with Crippen molar-refractivity contribution in [1.82, 2.24) is 4.90 Å². The van der Waals surface area contributed by atoms with Crippen LogP contribution >= 0.6 is 0 Å². The zero-order chi connectivity index (χ0) is 22.2. The van der Waals surface area contributed by atoms with Crippen molar-refractivity contribution in [2.75, 3.05) is 13.7 Å². The molecule has 0 spiro atoms. The number of allylic oxidation sites excluding steroid dienone is 2. The molecule has 1 aliphatic carbocycles. The molecule has 1 amide bonds. The summed E-state index contributed by atoms with van der Waals surface area (Å²) >= 11 is 0. The van der Waals surface area contributed by atoms with Crippen molar-refractivity contribution in [3.05, 3.63) is 66.2 Å². The Balaban J connectivity index is 1.86. The highest BCUT2D eigenvalue weighted by molar-refractivity contribution is 6.07. The van der Waals surface area contributed by atoms with Crippen molar-refractivity contribution in [3.63, 3.8) is 0 Å². The van der Waals surface area contributed by atoms with Gasteiger partial charge in [-0.3, -0.25) is 9.69 Å². The normalized spacial score (nSPS) is 28.0. The van der Waals surface area contributed by atoms with Gasteiger partial charge in [-0.05, 0) is 60.1 Å². The first-order chi connectivity index (χ1) is 14.9. The number of carbonyl (C=O) groups is 1. The van der Waals surface area contributed by atoms with Gasteiger partial charge in [0.15, 0.2) is 11.5 Å². The molecule has 2 aromatic carbocycles. The molecule has 2 N–H and O–H groups in total. The van der Waals surface area contributed by atoms with Crippen molar-refractivity contribution >= 4 is 11.9 Å². The van der Waals surface area contributed by atoms with Crippen LogP contribution in [0.5, 0.6) is 5.75 Å². The van der Waals surface area contributed by atoms with E-state index in [1.165, 1.54) is 4.90 Å². The number of likely N-dealkylation sites (N-methyl/N-ethyl adjacent to an activating group) is 1. The minimum atomic E-state index is -1.02. The Morgan fingerprint density at radius 2 is 1.87 bits per heavy atom. The summed E-state index contributed by atoms with van der Waals surface area (Å²) < 4.78 is 5.68. The van der Waals surface area contributed by atoms with E-state index in [2.05, 4.69) is 44.2 Å². The molecule has 1 heterocycles. The Kier molecular flexibility index (Phi) is 5.61. The highest BCUT2D eigenvalue weighted by atomic mass is 16.5. The summed E-state index contributed by atoms with van der Waals surface area (Å²) in [6, 6.07) is 16.2. The summed E-state index contributed by atoms with van der Waals surface area (Å²) in [6.45, 7) is 6.97. The van der Waals surface area contributed by atoms with Crippen LogP contribution in [0, 0.1) is 17.8 Å². The van der Waals surface area contributed by atoms with E-state index in [1.807, 2.05) is 37.3 Å². The molecule has 162 valence electrons. The molecule has 4 rings (SSSR count). The van der Waals surface area contributed by atoms with Crippen LogP contribution in [0.2, 0.25) is 0 Å². The quantitative estimate of drug-likeness (QED) is 0.724. The van der Waals surface area contributed by atoms with E-state index in [-0.39, 0.29) is 23.7 Å². The molecule has 31 heavy (non-hydrogen) atoms. The fraction of sp³-hybridized carbons (Fsp3) is 0.385. The Morgan fingerprint density at radius 3 is 2.52 bits per heavy atom. The average molecular weight is 418 g/mol. The maximum atomic E-state index is 13.7. The van der Waals surface area contributed by atoms with Crippen LogP contribution in [-0.4, -0.2) is 30.4 Å². The number of nitrogens with zero attached hydrogens (tertiary/aromatic N) is 2. The largest absolute Gasteiger partial charge is 0.494 e. The highest BCUT2D eigenvalue weighted by Crippen LogP contribution is 2.49. The van der Waals surface area contributed by atoms with Gasteiger partial charge in [-0.15, -0.1) is 0 Å². The van der Waals surface area contributed by atoms with Crippen molar-refractivity contribution < 1.29 is 9.53 Å². The van der Waals surface area contributed by atoms with Gasteiger partial charge >= 0.3 is 0 Å². The third-order valence-electron chi connectivity index (χ3n) is 6.66. The predicted octanol–water partition coefficient (Wildman–Crippen LogP) is 4.58. The Bertz CT molecular complexity index is 1040. The van der Waals surface area contributed by atoms with E-state index in [0.717, 1.165) is 28.9 Å². The molecule has 5 heteroatoms. The van der Waals surface area contributed by atoms with Crippen LogP contribution in [-0.2, 0) is 10.3 Å². The fourth-order valence-electron chi connectivity index (χ4n) is 5.21. The Morgan fingerprint density at radius 1 is 1.16 bits per heavy atom. The van der Waals surface area contributed by atoms with Crippen LogP contribution in [0.15, 0.2) is 65.7 Å². The van der Waals surface area contributed by atoms with E-state index in [4.69, 9.17) is 15.5 Å². The Hall–Kier alpha value is -3.08. The third kappa shape index (κ3) is 3.52. The van der Waals surface area contributed by atoms with Crippen LogP contribution in [0.1, 0.15) is 32.8 Å². The smallest absolute Gasteiger partial charge is 0.262 e. The van der Waals surface area contributed by atoms with Crippen molar-refractivity contribution in [2.24, 2.45) is 28.5 Å². The number of aliphatic imine (C=N–C) groups is 1. The molecular weight excluding hydrogens is 386 g/mol. The zero-order valence-corrected chi connectivity index (χ0v) is 18.7. The summed E-state index contributed by atoms with van der Waals surface area (Å²) in [5.41, 5.74) is 8.15. The van der Waals surface area contributed by atoms with Gasteiger partial charge in [0.1, 0.15) is 5.75 Å². The maximum Gasteiger partial charge on any atom is 0.262 e. The predicted molar refractivity (Wildman–Crippen MR) is 125 cm³/mol. The first-order valence-corrected chi connectivity index (χ1v) is 11.0. The lowest BCUT2D eigenvalue weighted by atomic mass is 9.63. The lowest BCUT2D eigenvalue weighted by Gasteiger charge is -2.42. The number of rotatable bonds is 5. The first-order valence-electron chi connectivity index (χ1n) is 11.0. The van der Waals surface area contributed by atoms with Gasteiger partial charge in [-0.25, -0.2) is 4.99 Å². The molecule has 4 atom stereocenters. The van der Waals surface area contributed by atoms with Crippen LogP contribution in [0.3, 0.4) is 0 Å². The number of nitrogens with two attached hydrogens (primary N) is 1. The SMILES string of the molecule is CCOc1cccc(-c2cccc(C3(C4C(C)C=CCC4C)N=C(N)N(C)C3=O)c2)c1. The number of amides is 1. The molecule has 0 radical (unpaired) electrons. The van der Waals surface area contributed by atoms with E-state index in [1.54, 1.807) is 7.05 Å². The van der Waals surface area contributed by atoms with Gasteiger partial charge in [-0.1, -0.05) is 56.3 Å². The van der Waals surface area contributed by atoms with Crippen molar-refractivity contribution in [1.29, 1.82) is 0 Å². The summed E-state index contributed by atoms with van der Waals surface area (Å²) in [6.07, 6.45) is 5.35. The minimum absolute atomic E-state index is 0.0264. The molecule has 2 aliphatic rings. The van der Waals surface area contributed by atoms with Gasteiger partial charge in [-0.2, -0.15) is 0 Å². The Labute approximate surface area is 184 Å². The van der Waals surface area contributed by atoms with Crippen LogP contribution in [0.4, 0.5) is 0 Å². The molecule has 0 saturated carbocycles. The molecule has 0 fully saturated rings. The number of carbonyl (C=O) groups excluding carboxylic acids is 1. The molecule has 5 nitrogen and oxygen atoms in total. The van der Waals surface area contributed by atoms with Crippen molar-refractivity contribution in [2.45, 2.75) is 32.7 Å². The maximum absolute atomic E-state index is 13.7. The molecule has 0 saturated heterocycles. The standard InChI is InChI=1S/C26H31N3O2/c1-5-31-22-14-8-12-20(16-22)19-11-7-13-21(15-19)26(24(30)29(4)25(27)28-26)23-17(2)9-6-10-18(23)3/h6-9,11-18,23H,5,10H2,1-4H3,(H2,27,28). The lowest BCUT2D eigenvalue weighted by Crippen LogP contribution is -2.49. The second kappa shape index (κ2) is 8.22. The molecule has 4 unspecified atom stereocenters. The van der Waals surface area contributed by atoms with Gasteiger partial charge < -0.3 is 10.5 Å². The summed E-state index contributed by atoms with van der Waals surface area (Å²) in [7, 11) is 1.71. The van der Waals surface area contributed by atoms with E-state index < -0.39 is 5.54 Å². The number of hydrogen-bond acceptors (Lipinski definition) is 4. The van der Waals surface area contributed by atoms with E-state index in [0.29, 0.717) is 12.5 Å². The topological polar surface area (TPSA) is 67.9 Å². The monoisotopic (exact) mass is 417 g/mol. The summed E-state index contributed by atoms with van der Waals surface area (Å²) in [5, 5.41) is 0. The van der Waals surface area contributed by atoms with Crippen LogP contribution < -0.4 is 10.5 Å². The molecule has 0 bridgehead atoms. The highest BCUT2D eigenvalue weighted by Gasteiger charge is 2.56. The first kappa shape index (κ1) is 21.2. The molecule has 1 aliphatic heterocycles. The van der Waals surface area contributed by atoms with Crippen molar-refractivity contribution in [3.8, 4) is 16.9 Å². The van der Waals surface area contributed by atoms with E-state index in [9.17, 15) is 4.79 Å². The van der Waals surface area contributed by atoms with Gasteiger partial charge in [0, 0.05) is 13.0 Å². The molecule has 2 aromatic rings. The molecular formula is C26H31N3O2. The van der Waals surface area contributed by atoms with Gasteiger partial charge in [0.2, 0.25) is 0 Å². The lowest BCUT2D eigenvalue weighted by molar-refractivity contribution is -0.134. The van der Waals surface area contributed by atoms with Crippen LogP contribution in [0.25, 0.3) is 11.1 Å². The van der Waals surface area contributed by atoms with E-state index >= 15 is 0 Å². The second-order valence-corrected chi connectivity index (χ2v) is 8.67. The minimum Gasteiger partial charge on any atom is -0.494 e. The molecule has 0 aromatic heterocycles. The third-order valence-corrected chi connectivity index (χ3v) is 6.66. The van der Waals surface area contributed by atoms with Gasteiger partial charge in [0.25, 0.3) is 5.91 Å². The zero-order valence-electron chi connectivity index (χ0n) is 18.7. The fourth-order valence-corrected chi connectivity index (χ4v) is 5.21. The number of ether oxygens (including phenoxy) is 1.